The molecule has 1 atom stereocenters. The Bertz CT molecular complexity index is 453. The van der Waals surface area contributed by atoms with Crippen molar-refractivity contribution in [3.63, 3.8) is 0 Å². The minimum atomic E-state index is -0.417. The monoisotopic (exact) mass is 262 g/mol. The Morgan fingerprint density at radius 2 is 2.11 bits per heavy atom. The van der Waals surface area contributed by atoms with Gasteiger partial charge in [-0.25, -0.2) is 0 Å². The Morgan fingerprint density at radius 3 is 2.74 bits per heavy atom. The Balaban J connectivity index is 1.92. The molecule has 1 saturated carbocycles. The third-order valence-corrected chi connectivity index (χ3v) is 3.58. The summed E-state index contributed by atoms with van der Waals surface area (Å²) in [5, 5.41) is 2.89. The molecule has 1 aromatic rings. The number of aryl methyl sites for hydroxylation is 1. The summed E-state index contributed by atoms with van der Waals surface area (Å²) in [6.07, 6.45) is 4.37. The van der Waals surface area contributed by atoms with Gasteiger partial charge >= 0.3 is 0 Å². The number of nitrogens with two attached hydrogens (primary N) is 1. The van der Waals surface area contributed by atoms with Crippen LogP contribution in [0.4, 0.5) is 11.4 Å². The number of benzene rings is 1. The molecule has 0 heterocycles. The molecule has 0 aromatic heterocycles. The Kier molecular flexibility index (Phi) is 4.43. The number of carbonyl (C=O) groups excluding carboxylic acids is 1. The topological polar surface area (TPSA) is 64.3 Å². The van der Waals surface area contributed by atoms with Crippen LogP contribution in [0, 0.1) is 6.92 Å². The van der Waals surface area contributed by atoms with Gasteiger partial charge in [-0.1, -0.05) is 12.8 Å². The molecule has 19 heavy (non-hydrogen) atoms. The smallest absolute Gasteiger partial charge is 0.253 e. The van der Waals surface area contributed by atoms with Crippen LogP contribution in [0.15, 0.2) is 18.2 Å². The van der Waals surface area contributed by atoms with Gasteiger partial charge in [-0.15, -0.1) is 0 Å². The number of hydrogen-bond acceptors (Lipinski definition) is 3. The highest BCUT2D eigenvalue weighted by molar-refractivity contribution is 5.94. The van der Waals surface area contributed by atoms with Gasteiger partial charge in [-0.3, -0.25) is 4.79 Å². The average molecular weight is 262 g/mol. The van der Waals surface area contributed by atoms with E-state index < -0.39 is 6.10 Å². The number of nitrogen functional groups attached to an aromatic ring is 1. The number of nitrogens with one attached hydrogen (secondary N) is 1. The first-order chi connectivity index (χ1) is 9.06. The van der Waals surface area contributed by atoms with Crippen molar-refractivity contribution < 1.29 is 9.53 Å². The lowest BCUT2D eigenvalue weighted by atomic mass is 10.1. The maximum absolute atomic E-state index is 12.1. The molecular weight excluding hydrogens is 240 g/mol. The molecule has 1 unspecified atom stereocenters. The predicted molar refractivity (Wildman–Crippen MR) is 77.0 cm³/mol. The third kappa shape index (κ3) is 3.70. The molecule has 4 nitrogen and oxygen atoms in total. The first-order valence-electron chi connectivity index (χ1n) is 6.88. The molecule has 0 spiro atoms. The van der Waals surface area contributed by atoms with E-state index in [0.29, 0.717) is 5.69 Å². The van der Waals surface area contributed by atoms with Gasteiger partial charge in [0, 0.05) is 11.4 Å². The summed E-state index contributed by atoms with van der Waals surface area (Å²) in [6, 6.07) is 5.45. The molecule has 1 aliphatic carbocycles. The van der Waals surface area contributed by atoms with Crippen LogP contribution in [0.2, 0.25) is 0 Å². The van der Waals surface area contributed by atoms with Crippen LogP contribution >= 0.6 is 0 Å². The van der Waals surface area contributed by atoms with E-state index in [2.05, 4.69) is 5.32 Å². The van der Waals surface area contributed by atoms with Crippen molar-refractivity contribution in [1.29, 1.82) is 0 Å². The Labute approximate surface area is 114 Å². The number of amides is 1. The molecule has 1 fully saturated rings. The summed E-state index contributed by atoms with van der Waals surface area (Å²) in [5.74, 6) is -0.0974. The quantitative estimate of drug-likeness (QED) is 0.820. The van der Waals surface area contributed by atoms with E-state index in [1.54, 1.807) is 13.0 Å². The average Bonchev–Trinajstić information content (AvgIpc) is 2.85. The second-order valence-electron chi connectivity index (χ2n) is 5.25. The van der Waals surface area contributed by atoms with Crippen LogP contribution in [-0.4, -0.2) is 18.1 Å². The van der Waals surface area contributed by atoms with Crippen molar-refractivity contribution >= 4 is 17.3 Å². The van der Waals surface area contributed by atoms with Gasteiger partial charge in [0.05, 0.1) is 6.10 Å². The van der Waals surface area contributed by atoms with Gasteiger partial charge in [0.15, 0.2) is 0 Å². The molecule has 1 aliphatic rings. The summed E-state index contributed by atoms with van der Waals surface area (Å²) in [7, 11) is 0. The maximum Gasteiger partial charge on any atom is 0.253 e. The molecule has 4 heteroatoms. The van der Waals surface area contributed by atoms with Crippen LogP contribution in [-0.2, 0) is 9.53 Å². The summed E-state index contributed by atoms with van der Waals surface area (Å²) in [4.78, 5) is 12.1. The standard InChI is InChI=1S/C15H22N2O2/c1-10-9-12(16)7-8-14(10)17-15(18)11(2)19-13-5-3-4-6-13/h7-9,11,13H,3-6,16H2,1-2H3,(H,17,18). The minimum Gasteiger partial charge on any atom is -0.399 e. The van der Waals surface area contributed by atoms with Gasteiger partial charge in [-0.2, -0.15) is 0 Å². The van der Waals surface area contributed by atoms with E-state index in [-0.39, 0.29) is 12.0 Å². The first-order valence-corrected chi connectivity index (χ1v) is 6.88. The zero-order chi connectivity index (χ0) is 13.8. The lowest BCUT2D eigenvalue weighted by Gasteiger charge is -2.18. The third-order valence-electron chi connectivity index (χ3n) is 3.58. The largest absolute Gasteiger partial charge is 0.399 e. The summed E-state index contributed by atoms with van der Waals surface area (Å²) < 4.78 is 5.77. The second kappa shape index (κ2) is 6.06. The van der Waals surface area contributed by atoms with E-state index in [0.717, 1.165) is 24.1 Å². The van der Waals surface area contributed by atoms with Gasteiger partial charge in [0.1, 0.15) is 6.10 Å². The molecule has 2 rings (SSSR count). The van der Waals surface area contributed by atoms with E-state index in [4.69, 9.17) is 10.5 Å². The SMILES string of the molecule is Cc1cc(N)ccc1NC(=O)C(C)OC1CCCC1. The molecule has 104 valence electrons. The van der Waals surface area contributed by atoms with E-state index in [9.17, 15) is 4.79 Å². The van der Waals surface area contributed by atoms with Gasteiger partial charge in [0.2, 0.25) is 0 Å². The molecule has 1 aromatic carbocycles. The maximum atomic E-state index is 12.1. The fourth-order valence-corrected chi connectivity index (χ4v) is 2.44. The molecule has 0 radical (unpaired) electrons. The fourth-order valence-electron chi connectivity index (χ4n) is 2.44. The molecule has 0 aliphatic heterocycles. The van der Waals surface area contributed by atoms with E-state index in [1.807, 2.05) is 19.1 Å². The van der Waals surface area contributed by atoms with Crippen LogP contribution in [0.3, 0.4) is 0 Å². The number of hydrogen-bond donors (Lipinski definition) is 2. The fraction of sp³-hybridized carbons (Fsp3) is 0.533. The van der Waals surface area contributed by atoms with Crippen molar-refractivity contribution in [3.8, 4) is 0 Å². The van der Waals surface area contributed by atoms with Crippen molar-refractivity contribution in [1.82, 2.24) is 0 Å². The molecule has 0 saturated heterocycles. The highest BCUT2D eigenvalue weighted by atomic mass is 16.5. The van der Waals surface area contributed by atoms with Gasteiger partial charge in [0.25, 0.3) is 5.91 Å². The normalized spacial score (nSPS) is 17.4. The van der Waals surface area contributed by atoms with Crippen molar-refractivity contribution in [3.05, 3.63) is 23.8 Å². The van der Waals surface area contributed by atoms with Gasteiger partial charge in [-0.05, 0) is 50.5 Å². The molecule has 0 bridgehead atoms. The number of ether oxygens (including phenoxy) is 1. The van der Waals surface area contributed by atoms with E-state index >= 15 is 0 Å². The lowest BCUT2D eigenvalue weighted by molar-refractivity contribution is -0.129. The number of rotatable bonds is 4. The van der Waals surface area contributed by atoms with Crippen LogP contribution in [0.25, 0.3) is 0 Å². The Morgan fingerprint density at radius 1 is 1.42 bits per heavy atom. The van der Waals surface area contributed by atoms with Crippen LogP contribution in [0.5, 0.6) is 0 Å². The first kappa shape index (κ1) is 13.9. The zero-order valence-corrected chi connectivity index (χ0v) is 11.6. The zero-order valence-electron chi connectivity index (χ0n) is 11.6. The predicted octanol–water partition coefficient (Wildman–Crippen LogP) is 2.86. The van der Waals surface area contributed by atoms with Crippen molar-refractivity contribution in [2.45, 2.75) is 51.7 Å². The van der Waals surface area contributed by atoms with Crippen LogP contribution < -0.4 is 11.1 Å². The lowest BCUT2D eigenvalue weighted by Crippen LogP contribution is -2.31. The summed E-state index contributed by atoms with van der Waals surface area (Å²) in [6.45, 7) is 3.73. The number of anilines is 2. The second-order valence-corrected chi connectivity index (χ2v) is 5.25. The summed E-state index contributed by atoms with van der Waals surface area (Å²) in [5.41, 5.74) is 8.14. The van der Waals surface area contributed by atoms with Crippen molar-refractivity contribution in [2.75, 3.05) is 11.1 Å². The van der Waals surface area contributed by atoms with Crippen molar-refractivity contribution in [2.24, 2.45) is 0 Å². The van der Waals surface area contributed by atoms with Crippen LogP contribution in [0.1, 0.15) is 38.2 Å². The molecular formula is C15H22N2O2. The minimum absolute atomic E-state index is 0.0974. The Hall–Kier alpha value is -1.55. The highest BCUT2D eigenvalue weighted by Crippen LogP contribution is 2.23. The highest BCUT2D eigenvalue weighted by Gasteiger charge is 2.22. The van der Waals surface area contributed by atoms with E-state index in [1.165, 1.54) is 12.8 Å². The molecule has 1 amide bonds. The molecule has 3 N–H and O–H groups in total. The summed E-state index contributed by atoms with van der Waals surface area (Å²) >= 11 is 0. The van der Waals surface area contributed by atoms with Gasteiger partial charge < -0.3 is 15.8 Å². The number of carbonyl (C=O) groups is 1.